The Morgan fingerprint density at radius 3 is 2.09 bits per heavy atom. The first-order chi connectivity index (χ1) is 16.0. The number of carboxylic acids is 1. The summed E-state index contributed by atoms with van der Waals surface area (Å²) in [5, 5.41) is 16.7. The lowest BCUT2D eigenvalue weighted by Crippen LogP contribution is -2.57. The van der Waals surface area contributed by atoms with Gasteiger partial charge in [-0.3, -0.25) is 24.0 Å². The number of rotatable bonds is 15. The molecule has 12 heteroatoms. The van der Waals surface area contributed by atoms with Crippen LogP contribution in [0.25, 0.3) is 0 Å². The Bertz CT molecular complexity index is 853. The number of benzene rings is 1. The third-order valence-corrected chi connectivity index (χ3v) is 5.57. The molecule has 1 aromatic rings. The highest BCUT2D eigenvalue weighted by molar-refractivity contribution is 7.98. The summed E-state index contributed by atoms with van der Waals surface area (Å²) in [6, 6.07) is 4.67. The maximum Gasteiger partial charge on any atom is 0.325 e. The van der Waals surface area contributed by atoms with E-state index in [0.29, 0.717) is 5.75 Å². The third-order valence-electron chi connectivity index (χ3n) is 4.93. The number of amides is 4. The highest BCUT2D eigenvalue weighted by atomic mass is 32.2. The molecule has 0 aliphatic carbocycles. The van der Waals surface area contributed by atoms with Crippen LogP contribution in [-0.2, 0) is 30.4 Å². The molecule has 8 N–H and O–H groups in total. The first-order valence-electron chi connectivity index (χ1n) is 10.8. The predicted octanol–water partition coefficient (Wildman–Crippen LogP) is -0.866. The lowest BCUT2D eigenvalue weighted by molar-refractivity contribution is -0.141. The maximum absolute atomic E-state index is 13.1. The van der Waals surface area contributed by atoms with E-state index in [-0.39, 0.29) is 25.7 Å². The Morgan fingerprint density at radius 2 is 1.53 bits per heavy atom. The quantitative estimate of drug-likeness (QED) is 0.181. The molecule has 0 saturated carbocycles. The van der Waals surface area contributed by atoms with Crippen LogP contribution in [0.5, 0.6) is 0 Å². The van der Waals surface area contributed by atoms with E-state index in [1.54, 1.807) is 30.3 Å². The Hall–Kier alpha value is -3.12. The number of thioether (sulfide) groups is 1. The summed E-state index contributed by atoms with van der Waals surface area (Å²) in [4.78, 5) is 60.4. The van der Waals surface area contributed by atoms with Crippen LogP contribution in [0.1, 0.15) is 31.7 Å². The summed E-state index contributed by atoms with van der Waals surface area (Å²) in [5.41, 5.74) is 11.6. The van der Waals surface area contributed by atoms with Gasteiger partial charge >= 0.3 is 5.97 Å². The van der Waals surface area contributed by atoms with Gasteiger partial charge in [0, 0.05) is 12.8 Å². The highest BCUT2D eigenvalue weighted by Gasteiger charge is 2.29. The van der Waals surface area contributed by atoms with Crippen molar-refractivity contribution in [2.24, 2.45) is 11.5 Å². The number of aliphatic carboxylic acids is 1. The summed E-state index contributed by atoms with van der Waals surface area (Å²) in [5.74, 6) is -3.16. The topological polar surface area (TPSA) is 194 Å². The van der Waals surface area contributed by atoms with Crippen LogP contribution >= 0.6 is 11.8 Å². The average molecular weight is 496 g/mol. The first-order valence-corrected chi connectivity index (χ1v) is 12.1. The van der Waals surface area contributed by atoms with Crippen molar-refractivity contribution in [3.63, 3.8) is 0 Å². The molecule has 0 bridgehead atoms. The Kier molecular flexibility index (Phi) is 12.7. The molecular weight excluding hydrogens is 462 g/mol. The van der Waals surface area contributed by atoms with Crippen molar-refractivity contribution in [3.8, 4) is 0 Å². The van der Waals surface area contributed by atoms with Gasteiger partial charge in [0.15, 0.2) is 0 Å². The van der Waals surface area contributed by atoms with Crippen LogP contribution in [0.4, 0.5) is 0 Å². The minimum atomic E-state index is -1.21. The summed E-state index contributed by atoms with van der Waals surface area (Å²) in [6.07, 6.45) is 2.19. The Labute approximate surface area is 202 Å². The molecule has 0 saturated heterocycles. The lowest BCUT2D eigenvalue weighted by Gasteiger charge is -2.25. The second-order valence-electron chi connectivity index (χ2n) is 7.77. The van der Waals surface area contributed by atoms with Gasteiger partial charge in [0.1, 0.15) is 18.1 Å². The molecule has 0 fully saturated rings. The number of carbonyl (C=O) groups is 5. The Morgan fingerprint density at radius 1 is 0.941 bits per heavy atom. The van der Waals surface area contributed by atoms with Crippen molar-refractivity contribution in [1.29, 1.82) is 0 Å². The molecule has 188 valence electrons. The predicted molar refractivity (Wildman–Crippen MR) is 129 cm³/mol. The normalized spacial score (nSPS) is 14.2. The monoisotopic (exact) mass is 495 g/mol. The average Bonchev–Trinajstić information content (AvgIpc) is 2.79. The summed E-state index contributed by atoms with van der Waals surface area (Å²) in [7, 11) is 0. The van der Waals surface area contributed by atoms with E-state index in [1.807, 2.05) is 6.26 Å². The van der Waals surface area contributed by atoms with E-state index in [4.69, 9.17) is 16.6 Å². The molecule has 11 nitrogen and oxygen atoms in total. The molecule has 34 heavy (non-hydrogen) atoms. The van der Waals surface area contributed by atoms with Crippen LogP contribution in [-0.4, -0.2) is 70.9 Å². The Balaban J connectivity index is 2.98. The van der Waals surface area contributed by atoms with Crippen molar-refractivity contribution in [2.75, 3.05) is 12.0 Å². The second-order valence-corrected chi connectivity index (χ2v) is 8.76. The van der Waals surface area contributed by atoms with Crippen molar-refractivity contribution in [3.05, 3.63) is 35.9 Å². The lowest BCUT2D eigenvalue weighted by atomic mass is 10.0. The minimum absolute atomic E-state index is 0.0319. The molecule has 0 radical (unpaired) electrons. The van der Waals surface area contributed by atoms with Crippen molar-refractivity contribution in [2.45, 2.75) is 56.8 Å². The number of nitrogens with one attached hydrogen (secondary N) is 3. The van der Waals surface area contributed by atoms with Crippen molar-refractivity contribution < 1.29 is 29.1 Å². The van der Waals surface area contributed by atoms with E-state index in [0.717, 1.165) is 5.56 Å². The summed E-state index contributed by atoms with van der Waals surface area (Å²) in [6.45, 7) is 1.32. The van der Waals surface area contributed by atoms with Crippen LogP contribution in [0.2, 0.25) is 0 Å². The molecule has 1 rings (SSSR count). The molecule has 1 aromatic carbocycles. The SMILES string of the molecule is CSCCC(NC(=O)C(N)CCC(N)=O)C(=O)NC(Cc1ccccc1)C(=O)NC(C)C(=O)O. The fourth-order valence-electron chi connectivity index (χ4n) is 2.92. The van der Waals surface area contributed by atoms with Gasteiger partial charge < -0.3 is 32.5 Å². The number of hydrogen-bond acceptors (Lipinski definition) is 7. The number of carbonyl (C=O) groups excluding carboxylic acids is 4. The van der Waals surface area contributed by atoms with Crippen LogP contribution < -0.4 is 27.4 Å². The van der Waals surface area contributed by atoms with Gasteiger partial charge in [0.25, 0.3) is 0 Å². The van der Waals surface area contributed by atoms with E-state index in [2.05, 4.69) is 16.0 Å². The van der Waals surface area contributed by atoms with Gasteiger partial charge in [-0.15, -0.1) is 0 Å². The number of nitrogens with two attached hydrogens (primary N) is 2. The van der Waals surface area contributed by atoms with E-state index >= 15 is 0 Å². The molecule has 4 unspecified atom stereocenters. The van der Waals surface area contributed by atoms with Crippen molar-refractivity contribution in [1.82, 2.24) is 16.0 Å². The van der Waals surface area contributed by atoms with Gasteiger partial charge in [-0.25, -0.2) is 0 Å². The zero-order valence-electron chi connectivity index (χ0n) is 19.3. The zero-order valence-corrected chi connectivity index (χ0v) is 20.1. The van der Waals surface area contributed by atoms with Gasteiger partial charge in [0.05, 0.1) is 6.04 Å². The van der Waals surface area contributed by atoms with E-state index in [1.165, 1.54) is 18.7 Å². The molecule has 0 heterocycles. The molecular formula is C22H33N5O6S. The fourth-order valence-corrected chi connectivity index (χ4v) is 3.39. The van der Waals surface area contributed by atoms with Gasteiger partial charge in [-0.1, -0.05) is 30.3 Å². The maximum atomic E-state index is 13.1. The van der Waals surface area contributed by atoms with Crippen LogP contribution in [0.3, 0.4) is 0 Å². The molecule has 0 aliphatic heterocycles. The molecule has 0 spiro atoms. The van der Waals surface area contributed by atoms with Gasteiger partial charge in [-0.2, -0.15) is 11.8 Å². The van der Waals surface area contributed by atoms with Crippen molar-refractivity contribution >= 4 is 41.4 Å². The molecule has 4 atom stereocenters. The van der Waals surface area contributed by atoms with Gasteiger partial charge in [-0.05, 0) is 37.3 Å². The standard InChI is InChI=1S/C22H33N5O6S/c1-13(22(32)33)25-21(31)17(12-14-6-4-3-5-7-14)27-20(30)16(10-11-34-2)26-19(29)15(23)8-9-18(24)28/h3-7,13,15-17H,8-12,23H2,1-2H3,(H2,24,28)(H,25,31)(H,26,29)(H,27,30)(H,32,33). The largest absolute Gasteiger partial charge is 0.480 e. The van der Waals surface area contributed by atoms with E-state index < -0.39 is 53.8 Å². The molecule has 0 aliphatic rings. The first kappa shape index (κ1) is 28.9. The number of primary amides is 1. The number of carboxylic acid groups (broad SMARTS) is 1. The third kappa shape index (κ3) is 10.7. The van der Waals surface area contributed by atoms with Gasteiger partial charge in [0.2, 0.25) is 23.6 Å². The zero-order chi connectivity index (χ0) is 25.7. The van der Waals surface area contributed by atoms with Crippen LogP contribution in [0.15, 0.2) is 30.3 Å². The summed E-state index contributed by atoms with van der Waals surface area (Å²) >= 11 is 1.47. The second kappa shape index (κ2) is 14.9. The fraction of sp³-hybridized carbons (Fsp3) is 0.500. The summed E-state index contributed by atoms with van der Waals surface area (Å²) < 4.78 is 0. The smallest absolute Gasteiger partial charge is 0.325 e. The van der Waals surface area contributed by atoms with Crippen LogP contribution in [0, 0.1) is 0 Å². The van der Waals surface area contributed by atoms with E-state index in [9.17, 15) is 24.0 Å². The number of hydrogen-bond donors (Lipinski definition) is 6. The molecule has 0 aromatic heterocycles. The molecule has 4 amide bonds. The highest BCUT2D eigenvalue weighted by Crippen LogP contribution is 2.07. The minimum Gasteiger partial charge on any atom is -0.480 e.